The highest BCUT2D eigenvalue weighted by Gasteiger charge is 2.30. The minimum atomic E-state index is -2.92. The van der Waals surface area contributed by atoms with Crippen LogP contribution < -0.4 is 41.9 Å². The van der Waals surface area contributed by atoms with Gasteiger partial charge in [-0.05, 0) is 127 Å². The Morgan fingerprint density at radius 3 is 1.61 bits per heavy atom. The van der Waals surface area contributed by atoms with Crippen LogP contribution in [-0.2, 0) is 26.2 Å². The number of Topliss-reactive ketones (excluding diaryl/α,β-unsaturated/α-hetero) is 1. The summed E-state index contributed by atoms with van der Waals surface area (Å²) in [5.41, 5.74) is 7.21. The number of amides is 1. The van der Waals surface area contributed by atoms with Crippen molar-refractivity contribution in [3.8, 4) is 11.3 Å². The predicted octanol–water partition coefficient (Wildman–Crippen LogP) is 9.38. The number of sulfone groups is 2. The minimum Gasteiger partial charge on any atom is -0.395 e. The number of benzene rings is 1. The number of likely N-dealkylation sites (N-methyl/N-ethyl adjacent to an activating group) is 1. The van der Waals surface area contributed by atoms with Gasteiger partial charge in [0.25, 0.3) is 11.5 Å². The van der Waals surface area contributed by atoms with Crippen molar-refractivity contribution < 1.29 is 40.3 Å². The Morgan fingerprint density at radius 1 is 0.623 bits per heavy atom. The van der Waals surface area contributed by atoms with E-state index in [4.69, 9.17) is 15.1 Å². The molecular formula is C79H105F2N23O8S2. The highest BCUT2D eigenvalue weighted by molar-refractivity contribution is 7.90. The number of aromatic nitrogens is 13. The highest BCUT2D eigenvalue weighted by Crippen LogP contribution is 2.37. The molecule has 6 N–H and O–H groups in total. The third-order valence-electron chi connectivity index (χ3n) is 20.4. The SMILES string of the molecule is CC(=O)c1c(C)c2cnc(Nc3ccc(N4CCNCC4)cn3)nc2n(C2CCCC2)c1=O.CCN1CCN(Cc2ccc(Nc3ncc(F)c(-c4cc(F)c5nc(C)n(C(C)C)c5c4)n3)nc2)CC1.CN(C)C(=O)c1cc2cnc(Nc3ccc(N4CCNCC4)cn3)nc2n1C1CCCC1.CS(=O)(=O)CCO.CS(C)(=O)=O. The summed E-state index contributed by atoms with van der Waals surface area (Å²) in [7, 11) is -2.02. The normalized spacial score (nSPS) is 15.9. The van der Waals surface area contributed by atoms with Crippen molar-refractivity contribution in [1.29, 1.82) is 0 Å². The number of aliphatic hydroxyl groups is 1. The molecule has 0 spiro atoms. The third kappa shape index (κ3) is 22.0. The molecule has 2 saturated carbocycles. The maximum Gasteiger partial charge on any atom is 0.270 e. The number of carbonyl (C=O) groups excluding carboxylic acids is 2. The topological polar surface area (TPSA) is 360 Å². The first-order valence-electron chi connectivity index (χ1n) is 38.7. The monoisotopic (exact) mass is 1610 g/mol. The highest BCUT2D eigenvalue weighted by atomic mass is 32.2. The van der Waals surface area contributed by atoms with Gasteiger partial charge in [-0.2, -0.15) is 9.97 Å². The molecular weight excluding hydrogens is 1500 g/mol. The number of hydrogen-bond acceptors (Lipinski definition) is 27. The average molecular weight is 1610 g/mol. The zero-order valence-corrected chi connectivity index (χ0v) is 68.4. The number of halogens is 2. The molecule has 9 aromatic heterocycles. The Bertz CT molecular complexity index is 5260. The van der Waals surface area contributed by atoms with E-state index in [0.29, 0.717) is 69.2 Å². The van der Waals surface area contributed by atoms with Gasteiger partial charge < -0.3 is 60.4 Å². The van der Waals surface area contributed by atoms with Crippen LogP contribution in [0.15, 0.2) is 96.6 Å². The molecule has 35 heteroatoms. The lowest BCUT2D eigenvalue weighted by atomic mass is 10.0. The number of pyridine rings is 4. The molecule has 0 unspecified atom stereocenters. The van der Waals surface area contributed by atoms with Crippen molar-refractivity contribution in [3.05, 3.63) is 142 Å². The van der Waals surface area contributed by atoms with E-state index in [2.05, 4.69) is 104 Å². The molecule has 0 atom stereocenters. The van der Waals surface area contributed by atoms with Crippen LogP contribution in [0.5, 0.6) is 0 Å². The number of rotatable bonds is 19. The number of aliphatic hydroxyl groups excluding tert-OH is 1. The largest absolute Gasteiger partial charge is 0.395 e. The number of carbonyl (C=O) groups is 2. The van der Waals surface area contributed by atoms with Gasteiger partial charge in [0.15, 0.2) is 17.4 Å². The van der Waals surface area contributed by atoms with E-state index in [-0.39, 0.29) is 64.4 Å². The number of ketones is 1. The molecule has 31 nitrogen and oxygen atoms in total. The van der Waals surface area contributed by atoms with Gasteiger partial charge >= 0.3 is 0 Å². The zero-order valence-electron chi connectivity index (χ0n) is 66.8. The number of imidazole rings is 1. The van der Waals surface area contributed by atoms with E-state index in [0.717, 1.165) is 188 Å². The number of aryl methyl sites for hydroxylation is 2. The lowest BCUT2D eigenvalue weighted by Gasteiger charge is -2.33. The van der Waals surface area contributed by atoms with Crippen LogP contribution in [0.25, 0.3) is 44.4 Å². The third-order valence-corrected chi connectivity index (χ3v) is 21.3. The molecule has 0 bridgehead atoms. The fraction of sp³-hybridized carbons (Fsp3) is 0.481. The van der Waals surface area contributed by atoms with E-state index in [9.17, 15) is 40.0 Å². The van der Waals surface area contributed by atoms with E-state index < -0.39 is 31.3 Å². The van der Waals surface area contributed by atoms with Crippen LogP contribution in [0.4, 0.5) is 55.5 Å². The summed E-state index contributed by atoms with van der Waals surface area (Å²) in [6, 6.07) is 17.2. The second kappa shape index (κ2) is 38.3. The maximum absolute atomic E-state index is 14.9. The molecule has 5 fully saturated rings. The quantitative estimate of drug-likeness (QED) is 0.0410. The smallest absolute Gasteiger partial charge is 0.270 e. The molecule has 1 amide bonds. The minimum absolute atomic E-state index is 0.00502. The summed E-state index contributed by atoms with van der Waals surface area (Å²) in [5, 5.41) is 25.8. The van der Waals surface area contributed by atoms with Crippen molar-refractivity contribution in [2.24, 2.45) is 0 Å². The molecule has 12 heterocycles. The molecule has 1 aromatic carbocycles. The standard InChI is InChI=1S/C27H32F2N8.C24H29N7O2.C23H30N8O.C3H8O3S.C2H6O2S/c1-5-35-8-10-36(11-9-35)16-19-6-7-24(30-14-19)33-27-31-15-22(29)25(34-27)20-12-21(28)26-23(13-20)37(17(2)3)18(4)32-26;1-15-19-14-27-24(28-20-8-7-18(13-26-20)30-11-9-25-10-12-30)29-22(19)31(17-5-3-4-6-17)23(33)21(15)16(2)32;1-29(2)22(32)19-13-16-14-26-23(28-21(16)31(19)17-5-3-4-6-17)27-20-8-7-18(15-25-20)30-11-9-24-10-12-30;1-7(5,6)3-2-4;1-5(2,3)4/h6-7,12-15,17H,5,8-11,16H2,1-4H3,(H,30,31,33,34);7-8,13-14,17,25H,3-6,9-12H2,1-2H3,(H,26,27,28,29);7-8,13-15,17,24H,3-6,9-12H2,1-2H3,(H,25,26,27,28);4H,2-3H2,1H3;1-2H3. The van der Waals surface area contributed by atoms with Gasteiger partial charge in [0.2, 0.25) is 17.8 Å². The zero-order chi connectivity index (χ0) is 81.5. The number of fused-ring (bicyclic) bond motifs is 3. The van der Waals surface area contributed by atoms with E-state index >= 15 is 0 Å². The first kappa shape index (κ1) is 84.7. The van der Waals surface area contributed by atoms with Gasteiger partial charge in [0.05, 0.1) is 53.4 Å². The first-order chi connectivity index (χ1) is 54.5. The Labute approximate surface area is 663 Å². The summed E-state index contributed by atoms with van der Waals surface area (Å²) < 4.78 is 74.9. The lowest BCUT2D eigenvalue weighted by molar-refractivity contribution is 0.0815. The lowest BCUT2D eigenvalue weighted by Crippen LogP contribution is -2.45. The Balaban J connectivity index is 0.000000157. The fourth-order valence-electron chi connectivity index (χ4n) is 14.8. The van der Waals surface area contributed by atoms with Gasteiger partial charge in [-0.25, -0.2) is 65.5 Å². The second-order valence-electron chi connectivity index (χ2n) is 29.9. The Morgan fingerprint density at radius 2 is 1.13 bits per heavy atom. The van der Waals surface area contributed by atoms with Gasteiger partial charge in [0, 0.05) is 171 Å². The van der Waals surface area contributed by atoms with Crippen molar-refractivity contribution >= 4 is 111 Å². The summed E-state index contributed by atoms with van der Waals surface area (Å²) in [6.45, 7) is 25.0. The second-order valence-corrected chi connectivity index (χ2v) is 34.4. The maximum atomic E-state index is 14.9. The number of piperazine rings is 3. The fourth-order valence-corrected chi connectivity index (χ4v) is 15.1. The molecule has 3 aliphatic heterocycles. The molecule has 3 saturated heterocycles. The Hall–Kier alpha value is -10.2. The van der Waals surface area contributed by atoms with E-state index in [1.54, 1.807) is 48.9 Å². The van der Waals surface area contributed by atoms with Crippen LogP contribution in [0, 0.1) is 25.5 Å². The van der Waals surface area contributed by atoms with Gasteiger partial charge in [0.1, 0.15) is 71.2 Å². The van der Waals surface area contributed by atoms with Crippen LogP contribution in [0.2, 0.25) is 0 Å². The number of anilines is 8. The molecule has 610 valence electrons. The molecule has 2 aliphatic carbocycles. The van der Waals surface area contributed by atoms with Gasteiger partial charge in [-0.15, -0.1) is 0 Å². The van der Waals surface area contributed by atoms with Crippen molar-refractivity contribution in [3.63, 3.8) is 0 Å². The molecule has 10 aromatic rings. The van der Waals surface area contributed by atoms with Crippen LogP contribution in [0.3, 0.4) is 0 Å². The van der Waals surface area contributed by atoms with Crippen LogP contribution in [-0.4, -0.2) is 242 Å². The average Bonchev–Trinajstić information content (AvgIpc) is 1.64. The number of nitrogens with one attached hydrogen (secondary N) is 5. The van der Waals surface area contributed by atoms with E-state index in [1.807, 2.05) is 80.3 Å². The van der Waals surface area contributed by atoms with Crippen LogP contribution >= 0.6 is 0 Å². The summed E-state index contributed by atoms with van der Waals surface area (Å²) in [6.07, 6.45) is 22.0. The van der Waals surface area contributed by atoms with Crippen molar-refractivity contribution in [2.75, 3.05) is 156 Å². The molecule has 15 rings (SSSR count). The summed E-state index contributed by atoms with van der Waals surface area (Å²) in [4.78, 5) is 94.4. The van der Waals surface area contributed by atoms with Crippen molar-refractivity contribution in [1.82, 2.24) is 88.9 Å². The number of nitrogens with zero attached hydrogens (tertiary/aromatic N) is 18. The van der Waals surface area contributed by atoms with Crippen LogP contribution in [0.1, 0.15) is 135 Å². The van der Waals surface area contributed by atoms with Crippen molar-refractivity contribution in [2.45, 2.75) is 118 Å². The first-order valence-corrected chi connectivity index (χ1v) is 43.1. The molecule has 5 aliphatic rings. The number of hydrogen-bond donors (Lipinski definition) is 6. The van der Waals surface area contributed by atoms with Gasteiger partial charge in [-0.1, -0.05) is 38.7 Å². The summed E-state index contributed by atoms with van der Waals surface area (Å²) in [5.74, 6) is 2.13. The molecule has 0 radical (unpaired) electrons. The van der Waals surface area contributed by atoms with E-state index in [1.165, 1.54) is 25.8 Å². The predicted molar refractivity (Wildman–Crippen MR) is 443 cm³/mol. The summed E-state index contributed by atoms with van der Waals surface area (Å²) >= 11 is 0. The van der Waals surface area contributed by atoms with Gasteiger partial charge in [-0.3, -0.25) is 23.9 Å². The molecule has 114 heavy (non-hydrogen) atoms. The Kier molecular flexibility index (Phi) is 28.5.